The van der Waals surface area contributed by atoms with Gasteiger partial charge >= 0.3 is 5.69 Å². The van der Waals surface area contributed by atoms with E-state index in [-0.39, 0.29) is 24.7 Å². The zero-order valence-electron chi connectivity index (χ0n) is 17.2. The molecule has 3 rings (SSSR count). The van der Waals surface area contributed by atoms with Crippen LogP contribution in [0.4, 0.5) is 11.5 Å². The summed E-state index contributed by atoms with van der Waals surface area (Å²) in [4.78, 5) is 41.5. The van der Waals surface area contributed by atoms with Crippen molar-refractivity contribution >= 4 is 33.3 Å². The van der Waals surface area contributed by atoms with Crippen LogP contribution in [0.1, 0.15) is 23.7 Å². The molecule has 0 atom stereocenters. The number of hydrogen-bond donors (Lipinski definition) is 2. The minimum atomic E-state index is -0.725. The Balaban J connectivity index is 2.01. The number of carbonyl (C=O) groups is 1. The van der Waals surface area contributed by atoms with Gasteiger partial charge < -0.3 is 10.5 Å². The minimum absolute atomic E-state index is 0.0573. The molecule has 10 nitrogen and oxygen atoms in total. The lowest BCUT2D eigenvalue weighted by molar-refractivity contribution is 0.0975. The van der Waals surface area contributed by atoms with E-state index in [9.17, 15) is 14.4 Å². The Morgan fingerprint density at radius 3 is 2.58 bits per heavy atom. The number of H-pyrrole nitrogens is 1. The first-order valence-electron chi connectivity index (χ1n) is 9.61. The van der Waals surface area contributed by atoms with Gasteiger partial charge in [-0.15, -0.1) is 0 Å². The molecule has 0 saturated carbocycles. The van der Waals surface area contributed by atoms with Crippen molar-refractivity contribution in [3.8, 4) is 5.69 Å². The summed E-state index contributed by atoms with van der Waals surface area (Å²) in [5, 5.41) is 4.21. The molecule has 3 aromatic rings. The molecule has 3 N–H and O–H groups in total. The molecule has 0 aliphatic carbocycles. The monoisotopic (exact) mass is 490 g/mol. The number of nitrogens with one attached hydrogen (secondary N) is 1. The quantitative estimate of drug-likeness (QED) is 0.495. The Bertz CT molecular complexity index is 1180. The fourth-order valence-corrected chi connectivity index (χ4v) is 3.42. The third-order valence-corrected chi connectivity index (χ3v) is 5.03. The number of nitrogen functional groups attached to an aromatic ring is 1. The highest BCUT2D eigenvalue weighted by molar-refractivity contribution is 9.10. The maximum absolute atomic E-state index is 13.3. The fourth-order valence-electron chi connectivity index (χ4n) is 3.14. The first kappa shape index (κ1) is 22.5. The van der Waals surface area contributed by atoms with E-state index in [2.05, 4.69) is 26.0 Å². The minimum Gasteiger partial charge on any atom is -0.383 e. The van der Waals surface area contributed by atoms with Gasteiger partial charge in [0.15, 0.2) is 5.69 Å². The molecule has 0 saturated heterocycles. The topological polar surface area (TPSA) is 128 Å². The number of halogens is 1. The van der Waals surface area contributed by atoms with E-state index in [1.165, 1.54) is 16.6 Å². The van der Waals surface area contributed by atoms with Crippen LogP contribution in [0.25, 0.3) is 5.69 Å². The molecular formula is C20H23BrN6O4. The molecule has 2 heterocycles. The largest absolute Gasteiger partial charge is 0.383 e. The fraction of sp³-hybridized carbons (Fsp3) is 0.300. The molecule has 0 radical (unpaired) electrons. The molecule has 0 bridgehead atoms. The van der Waals surface area contributed by atoms with E-state index in [1.807, 2.05) is 6.92 Å². The summed E-state index contributed by atoms with van der Waals surface area (Å²) < 4.78 is 8.85. The van der Waals surface area contributed by atoms with Gasteiger partial charge in [0.1, 0.15) is 5.82 Å². The Hall–Kier alpha value is -3.18. The number of ether oxygens (including phenoxy) is 1. The van der Waals surface area contributed by atoms with Gasteiger partial charge in [-0.25, -0.2) is 9.48 Å². The Morgan fingerprint density at radius 1 is 1.29 bits per heavy atom. The van der Waals surface area contributed by atoms with Crippen molar-refractivity contribution in [1.82, 2.24) is 19.3 Å². The van der Waals surface area contributed by atoms with E-state index in [1.54, 1.807) is 41.3 Å². The summed E-state index contributed by atoms with van der Waals surface area (Å²) in [5.74, 6) is -0.498. The first-order valence-corrected chi connectivity index (χ1v) is 10.4. The van der Waals surface area contributed by atoms with Crippen molar-refractivity contribution in [2.45, 2.75) is 19.9 Å². The summed E-state index contributed by atoms with van der Waals surface area (Å²) in [5.41, 5.74) is 5.86. The van der Waals surface area contributed by atoms with Crippen LogP contribution in [-0.4, -0.2) is 45.5 Å². The highest BCUT2D eigenvalue weighted by Gasteiger charge is 2.25. The molecule has 164 valence electrons. The number of hydrogen-bond acceptors (Lipinski definition) is 6. The zero-order valence-corrected chi connectivity index (χ0v) is 18.8. The van der Waals surface area contributed by atoms with Crippen molar-refractivity contribution in [3.05, 3.63) is 67.5 Å². The molecule has 31 heavy (non-hydrogen) atoms. The summed E-state index contributed by atoms with van der Waals surface area (Å²) in [6.45, 7) is 2.46. The van der Waals surface area contributed by atoms with E-state index in [0.717, 1.165) is 10.2 Å². The summed E-state index contributed by atoms with van der Waals surface area (Å²) in [7, 11) is 1.49. The number of benzene rings is 1. The van der Waals surface area contributed by atoms with Crippen molar-refractivity contribution in [1.29, 1.82) is 0 Å². The van der Waals surface area contributed by atoms with Crippen LogP contribution in [0.5, 0.6) is 0 Å². The highest BCUT2D eigenvalue weighted by Crippen LogP contribution is 2.20. The normalized spacial score (nSPS) is 10.9. The molecule has 1 aromatic carbocycles. The van der Waals surface area contributed by atoms with Crippen LogP contribution in [0.2, 0.25) is 0 Å². The van der Waals surface area contributed by atoms with Crippen molar-refractivity contribution in [2.24, 2.45) is 0 Å². The van der Waals surface area contributed by atoms with E-state index in [0.29, 0.717) is 18.5 Å². The van der Waals surface area contributed by atoms with Crippen LogP contribution >= 0.6 is 15.9 Å². The Kier molecular flexibility index (Phi) is 7.08. The zero-order chi connectivity index (χ0) is 22.5. The highest BCUT2D eigenvalue weighted by atomic mass is 79.9. The number of aromatic amines is 1. The lowest BCUT2D eigenvalue weighted by Gasteiger charge is -2.24. The molecule has 2 aromatic heterocycles. The van der Waals surface area contributed by atoms with Crippen LogP contribution in [0.3, 0.4) is 0 Å². The maximum Gasteiger partial charge on any atom is 0.330 e. The molecule has 0 unspecified atom stereocenters. The van der Waals surface area contributed by atoms with E-state index in [4.69, 9.17) is 10.5 Å². The Morgan fingerprint density at radius 2 is 2.00 bits per heavy atom. The maximum atomic E-state index is 13.3. The number of nitrogens with zero attached hydrogens (tertiary/aromatic N) is 4. The number of carbonyl (C=O) groups excluding carboxylic acids is 1. The second-order valence-corrected chi connectivity index (χ2v) is 7.66. The van der Waals surface area contributed by atoms with Gasteiger partial charge in [-0.2, -0.15) is 5.10 Å². The van der Waals surface area contributed by atoms with Crippen LogP contribution in [-0.2, 0) is 11.3 Å². The lowest BCUT2D eigenvalue weighted by atomic mass is 10.1. The van der Waals surface area contributed by atoms with E-state index < -0.39 is 17.2 Å². The summed E-state index contributed by atoms with van der Waals surface area (Å²) in [6, 6.07) is 6.76. The molecule has 1 amide bonds. The first-order chi connectivity index (χ1) is 14.9. The SMILES string of the molecule is CCCn1c(N)c(N(CCOC)C(=O)c2ccc(-n3cc(Br)cn3)cc2)c(=O)[nH]c1=O. The van der Waals surface area contributed by atoms with Gasteiger partial charge in [0.25, 0.3) is 11.5 Å². The summed E-state index contributed by atoms with van der Waals surface area (Å²) in [6.07, 6.45) is 4.08. The number of nitrogens with two attached hydrogens (primary N) is 1. The predicted molar refractivity (Wildman–Crippen MR) is 121 cm³/mol. The third kappa shape index (κ3) is 4.78. The molecule has 0 aliphatic heterocycles. The van der Waals surface area contributed by atoms with Gasteiger partial charge in [-0.1, -0.05) is 6.92 Å². The molecule has 0 aliphatic rings. The van der Waals surface area contributed by atoms with Gasteiger partial charge in [0.05, 0.1) is 23.0 Å². The number of rotatable bonds is 8. The van der Waals surface area contributed by atoms with Gasteiger partial charge in [-0.05, 0) is 46.6 Å². The van der Waals surface area contributed by atoms with Gasteiger partial charge in [0.2, 0.25) is 0 Å². The van der Waals surface area contributed by atoms with Crippen LogP contribution in [0.15, 0.2) is 50.7 Å². The Labute approximate surface area is 186 Å². The number of aromatic nitrogens is 4. The van der Waals surface area contributed by atoms with Gasteiger partial charge in [-0.3, -0.25) is 24.0 Å². The standard InChI is InChI=1S/C20H23BrN6O4/c1-3-8-26-17(22)16(18(28)24-20(26)30)25(9-10-31-2)19(29)13-4-6-15(7-5-13)27-12-14(21)11-23-27/h4-7,11-12H,3,8-10,22H2,1-2H3,(H,24,28,30). The smallest absolute Gasteiger partial charge is 0.330 e. The lowest BCUT2D eigenvalue weighted by Crippen LogP contribution is -2.42. The average Bonchev–Trinajstić information content (AvgIpc) is 3.19. The number of amides is 1. The second-order valence-electron chi connectivity index (χ2n) is 6.74. The second kappa shape index (κ2) is 9.75. The average molecular weight is 491 g/mol. The van der Waals surface area contributed by atoms with Crippen molar-refractivity contribution < 1.29 is 9.53 Å². The van der Waals surface area contributed by atoms with Crippen LogP contribution in [0, 0.1) is 0 Å². The van der Waals surface area contributed by atoms with Crippen LogP contribution < -0.4 is 21.9 Å². The summed E-state index contributed by atoms with van der Waals surface area (Å²) >= 11 is 3.35. The number of methoxy groups -OCH3 is 1. The van der Waals surface area contributed by atoms with Gasteiger partial charge in [0, 0.05) is 32.0 Å². The number of anilines is 2. The molecule has 11 heteroatoms. The van der Waals surface area contributed by atoms with E-state index >= 15 is 0 Å². The molecule has 0 fully saturated rings. The predicted octanol–water partition coefficient (Wildman–Crippen LogP) is 1.77. The molecule has 0 spiro atoms. The van der Waals surface area contributed by atoms with Crippen molar-refractivity contribution in [2.75, 3.05) is 30.9 Å². The van der Waals surface area contributed by atoms with Crippen molar-refractivity contribution in [3.63, 3.8) is 0 Å². The molecular weight excluding hydrogens is 468 g/mol. The third-order valence-electron chi connectivity index (χ3n) is 4.63.